The van der Waals surface area contributed by atoms with E-state index >= 15 is 0 Å². The van der Waals surface area contributed by atoms with Crippen LogP contribution >= 0.6 is 0 Å². The minimum atomic E-state index is -5.91. The standard InChI is InChI=1S/C14H9F3N2O6S/c1-3-23-13(20)12-7-9(19-24-12)8-4-5-11(10(6-8)18-2)25-26(21,22)14(15,16)17/h4-7H,3H2,1H3. The molecular weight excluding hydrogens is 381 g/mol. The molecule has 0 aliphatic carbocycles. The highest BCUT2D eigenvalue weighted by Gasteiger charge is 2.48. The second-order valence-corrected chi connectivity index (χ2v) is 6.11. The van der Waals surface area contributed by atoms with Gasteiger partial charge in [0, 0.05) is 6.07 Å². The number of carbonyl (C=O) groups is 1. The SMILES string of the molecule is [C-]#[N+]c1cc(-c2cc(C(=O)OCC)on2)ccc1OS(=O)(=O)C(F)(F)F. The molecule has 0 atom stereocenters. The van der Waals surface area contributed by atoms with Gasteiger partial charge >= 0.3 is 21.6 Å². The van der Waals surface area contributed by atoms with Crippen molar-refractivity contribution >= 4 is 21.8 Å². The number of hydrogen-bond donors (Lipinski definition) is 0. The molecule has 26 heavy (non-hydrogen) atoms. The molecule has 1 aromatic heterocycles. The lowest BCUT2D eigenvalue weighted by Crippen LogP contribution is -2.28. The van der Waals surface area contributed by atoms with Crippen molar-refractivity contribution in [3.63, 3.8) is 0 Å². The summed E-state index contributed by atoms with van der Waals surface area (Å²) in [6, 6.07) is 4.27. The van der Waals surface area contributed by atoms with Gasteiger partial charge in [-0.1, -0.05) is 11.2 Å². The van der Waals surface area contributed by atoms with Gasteiger partial charge in [0.1, 0.15) is 11.4 Å². The summed E-state index contributed by atoms with van der Waals surface area (Å²) in [6.07, 6.45) is 0. The predicted molar refractivity (Wildman–Crippen MR) is 79.8 cm³/mol. The Kier molecular flexibility index (Phi) is 5.22. The van der Waals surface area contributed by atoms with E-state index in [-0.39, 0.29) is 23.6 Å². The van der Waals surface area contributed by atoms with Crippen molar-refractivity contribution < 1.29 is 39.8 Å². The van der Waals surface area contributed by atoms with Crippen LogP contribution in [0.5, 0.6) is 5.75 Å². The predicted octanol–water partition coefficient (Wildman–Crippen LogP) is 3.30. The zero-order chi connectivity index (χ0) is 19.5. The summed E-state index contributed by atoms with van der Waals surface area (Å²) >= 11 is 0. The Hall–Kier alpha value is -3.07. The Morgan fingerprint density at radius 1 is 1.35 bits per heavy atom. The number of aromatic nitrogens is 1. The number of halogens is 3. The molecule has 8 nitrogen and oxygen atoms in total. The van der Waals surface area contributed by atoms with E-state index in [9.17, 15) is 26.4 Å². The number of alkyl halides is 3. The third-order valence-corrected chi connectivity index (χ3v) is 3.81. The lowest BCUT2D eigenvalue weighted by molar-refractivity contribution is -0.0499. The van der Waals surface area contributed by atoms with Gasteiger partial charge in [0.05, 0.1) is 13.2 Å². The van der Waals surface area contributed by atoms with Gasteiger partial charge in [-0.25, -0.2) is 9.64 Å². The van der Waals surface area contributed by atoms with Gasteiger partial charge in [0.15, 0.2) is 0 Å². The summed E-state index contributed by atoms with van der Waals surface area (Å²) in [4.78, 5) is 14.5. The number of benzene rings is 1. The monoisotopic (exact) mass is 390 g/mol. The van der Waals surface area contributed by atoms with Crippen LogP contribution in [0, 0.1) is 6.57 Å². The van der Waals surface area contributed by atoms with Gasteiger partial charge in [-0.2, -0.15) is 21.6 Å². The van der Waals surface area contributed by atoms with Crippen LogP contribution < -0.4 is 4.18 Å². The average Bonchev–Trinajstić information content (AvgIpc) is 3.04. The molecule has 0 saturated carbocycles. The van der Waals surface area contributed by atoms with Crippen LogP contribution in [0.1, 0.15) is 17.5 Å². The second-order valence-electron chi connectivity index (χ2n) is 4.57. The Balaban J connectivity index is 2.35. The molecule has 0 spiro atoms. The topological polar surface area (TPSA) is 100 Å². The number of hydrogen-bond acceptors (Lipinski definition) is 7. The van der Waals surface area contributed by atoms with E-state index in [0.717, 1.165) is 18.2 Å². The Bertz CT molecular complexity index is 975. The molecule has 1 heterocycles. The smallest absolute Gasteiger partial charge is 0.460 e. The zero-order valence-electron chi connectivity index (χ0n) is 12.9. The number of ether oxygens (including phenoxy) is 1. The normalized spacial score (nSPS) is 11.7. The summed E-state index contributed by atoms with van der Waals surface area (Å²) < 4.78 is 72.7. The highest BCUT2D eigenvalue weighted by molar-refractivity contribution is 7.88. The highest BCUT2D eigenvalue weighted by atomic mass is 32.2. The summed E-state index contributed by atoms with van der Waals surface area (Å²) in [6.45, 7) is 8.68. The van der Waals surface area contributed by atoms with Crippen LogP contribution in [0.2, 0.25) is 0 Å². The molecule has 12 heteroatoms. The number of nitrogens with zero attached hydrogens (tertiary/aromatic N) is 2. The van der Waals surface area contributed by atoms with Crippen molar-refractivity contribution in [2.75, 3.05) is 6.61 Å². The summed E-state index contributed by atoms with van der Waals surface area (Å²) in [5.74, 6) is -1.78. The van der Waals surface area contributed by atoms with Crippen molar-refractivity contribution in [3.05, 3.63) is 41.4 Å². The minimum absolute atomic E-state index is 0.0863. The largest absolute Gasteiger partial charge is 0.534 e. The van der Waals surface area contributed by atoms with Crippen LogP contribution in [0.25, 0.3) is 16.1 Å². The molecule has 0 saturated heterocycles. The Morgan fingerprint density at radius 3 is 2.62 bits per heavy atom. The maximum Gasteiger partial charge on any atom is 0.534 e. The molecule has 0 bridgehead atoms. The van der Waals surface area contributed by atoms with Gasteiger partial charge < -0.3 is 13.4 Å². The third-order valence-electron chi connectivity index (χ3n) is 2.84. The lowest BCUT2D eigenvalue weighted by Gasteiger charge is -2.11. The van der Waals surface area contributed by atoms with E-state index in [4.69, 9.17) is 15.8 Å². The van der Waals surface area contributed by atoms with Gasteiger partial charge in [-0.3, -0.25) is 0 Å². The van der Waals surface area contributed by atoms with E-state index in [2.05, 4.69) is 14.2 Å². The molecule has 0 N–H and O–H groups in total. The summed E-state index contributed by atoms with van der Waals surface area (Å²) in [7, 11) is -5.91. The maximum absolute atomic E-state index is 12.4. The van der Waals surface area contributed by atoms with Crippen LogP contribution in [0.4, 0.5) is 18.9 Å². The summed E-state index contributed by atoms with van der Waals surface area (Å²) in [5.41, 5.74) is -5.86. The van der Waals surface area contributed by atoms with Crippen LogP contribution in [0.15, 0.2) is 28.8 Å². The van der Waals surface area contributed by atoms with E-state index in [1.54, 1.807) is 6.92 Å². The third kappa shape index (κ3) is 3.94. The molecule has 0 radical (unpaired) electrons. The number of rotatable bonds is 5. The number of carbonyl (C=O) groups excluding carboxylic acids is 1. The van der Waals surface area contributed by atoms with Gasteiger partial charge in [-0.15, -0.1) is 0 Å². The molecule has 0 fully saturated rings. The van der Waals surface area contributed by atoms with Crippen molar-refractivity contribution in [2.45, 2.75) is 12.4 Å². The molecule has 138 valence electrons. The molecule has 1 aromatic carbocycles. The molecular formula is C14H9F3N2O6S. The quantitative estimate of drug-likeness (QED) is 0.334. The molecule has 0 aliphatic rings. The summed E-state index contributed by atoms with van der Waals surface area (Å²) in [5, 5.41) is 3.59. The first-order valence-electron chi connectivity index (χ1n) is 6.75. The first-order chi connectivity index (χ1) is 12.1. The molecule has 0 unspecified atom stereocenters. The maximum atomic E-state index is 12.4. The molecule has 0 amide bonds. The molecule has 0 aliphatic heterocycles. The van der Waals surface area contributed by atoms with Crippen LogP contribution in [0.3, 0.4) is 0 Å². The molecule has 2 aromatic rings. The van der Waals surface area contributed by atoms with E-state index in [1.807, 2.05) is 0 Å². The average molecular weight is 390 g/mol. The Labute approximate surface area is 145 Å². The highest BCUT2D eigenvalue weighted by Crippen LogP contribution is 2.36. The fourth-order valence-electron chi connectivity index (χ4n) is 1.71. The van der Waals surface area contributed by atoms with Crippen molar-refractivity contribution in [1.82, 2.24) is 5.16 Å². The van der Waals surface area contributed by atoms with Gasteiger partial charge in [0.25, 0.3) is 0 Å². The fraction of sp³-hybridized carbons (Fsp3) is 0.214. The minimum Gasteiger partial charge on any atom is -0.460 e. The van der Waals surface area contributed by atoms with E-state index < -0.39 is 33.0 Å². The second kappa shape index (κ2) is 7.04. The van der Waals surface area contributed by atoms with E-state index in [1.165, 1.54) is 6.07 Å². The van der Waals surface area contributed by atoms with Gasteiger partial charge in [-0.05, 0) is 24.6 Å². The van der Waals surface area contributed by atoms with Crippen molar-refractivity contribution in [3.8, 4) is 17.0 Å². The lowest BCUT2D eigenvalue weighted by atomic mass is 10.1. The van der Waals surface area contributed by atoms with Crippen molar-refractivity contribution in [2.24, 2.45) is 0 Å². The van der Waals surface area contributed by atoms with Crippen LogP contribution in [-0.2, 0) is 14.9 Å². The fourth-order valence-corrected chi connectivity index (χ4v) is 2.18. The zero-order valence-corrected chi connectivity index (χ0v) is 13.7. The number of esters is 1. The van der Waals surface area contributed by atoms with Crippen molar-refractivity contribution in [1.29, 1.82) is 0 Å². The van der Waals surface area contributed by atoms with Gasteiger partial charge in [0.2, 0.25) is 11.4 Å². The van der Waals surface area contributed by atoms with Crippen LogP contribution in [-0.4, -0.2) is 31.7 Å². The first-order valence-corrected chi connectivity index (χ1v) is 8.16. The van der Waals surface area contributed by atoms with E-state index in [0.29, 0.717) is 0 Å². The molecule has 2 rings (SSSR count). The Morgan fingerprint density at radius 2 is 2.04 bits per heavy atom. The first kappa shape index (κ1) is 19.3.